The quantitative estimate of drug-likeness (QED) is 0.691. The lowest BCUT2D eigenvalue weighted by molar-refractivity contribution is 0.144. The van der Waals surface area contributed by atoms with E-state index in [2.05, 4.69) is 0 Å². The van der Waals surface area contributed by atoms with E-state index in [0.29, 0.717) is 0 Å². The van der Waals surface area contributed by atoms with E-state index in [1.54, 1.807) is 16.7 Å². The van der Waals surface area contributed by atoms with Crippen molar-refractivity contribution < 1.29 is 9.90 Å². The van der Waals surface area contributed by atoms with Crippen LogP contribution in [0.2, 0.25) is 0 Å². The molecule has 0 saturated carbocycles. The summed E-state index contributed by atoms with van der Waals surface area (Å²) >= 11 is 1.72. The summed E-state index contributed by atoms with van der Waals surface area (Å²) in [6.45, 7) is 0.723. The van der Waals surface area contributed by atoms with Gasteiger partial charge in [-0.25, -0.2) is 4.79 Å². The Balaban J connectivity index is 2.44. The SMILES string of the molecule is CSC[C@@H]1CCCN1C(=O)O. The number of thioether (sulfide) groups is 1. The highest BCUT2D eigenvalue weighted by Gasteiger charge is 2.27. The van der Waals surface area contributed by atoms with Gasteiger partial charge in [-0.2, -0.15) is 11.8 Å². The average Bonchev–Trinajstić information content (AvgIpc) is 2.36. The molecule has 0 radical (unpaired) electrons. The number of nitrogens with zero attached hydrogens (tertiary/aromatic N) is 1. The molecule has 1 amide bonds. The summed E-state index contributed by atoms with van der Waals surface area (Å²) in [5.74, 6) is 0.937. The molecule has 0 spiro atoms. The van der Waals surface area contributed by atoms with Gasteiger partial charge in [0, 0.05) is 18.3 Å². The molecule has 64 valence electrons. The second-order valence-electron chi connectivity index (χ2n) is 2.73. The number of carbonyl (C=O) groups is 1. The third-order valence-electron chi connectivity index (χ3n) is 1.98. The van der Waals surface area contributed by atoms with Crippen LogP contribution in [0.1, 0.15) is 12.8 Å². The summed E-state index contributed by atoms with van der Waals surface area (Å²) < 4.78 is 0. The Morgan fingerprint density at radius 1 is 1.82 bits per heavy atom. The van der Waals surface area contributed by atoms with E-state index in [1.807, 2.05) is 6.26 Å². The average molecular weight is 175 g/mol. The third-order valence-corrected chi connectivity index (χ3v) is 2.70. The zero-order valence-corrected chi connectivity index (χ0v) is 7.43. The first-order valence-corrected chi connectivity index (χ1v) is 5.13. The van der Waals surface area contributed by atoms with Gasteiger partial charge in [0.25, 0.3) is 0 Å². The van der Waals surface area contributed by atoms with Gasteiger partial charge in [-0.1, -0.05) is 0 Å². The molecule has 4 heteroatoms. The highest BCUT2D eigenvalue weighted by atomic mass is 32.2. The lowest BCUT2D eigenvalue weighted by Crippen LogP contribution is -2.35. The van der Waals surface area contributed by atoms with Gasteiger partial charge in [-0.15, -0.1) is 0 Å². The summed E-state index contributed by atoms with van der Waals surface area (Å²) in [6, 6.07) is 0.266. The van der Waals surface area contributed by atoms with Crippen molar-refractivity contribution in [1.82, 2.24) is 4.90 Å². The van der Waals surface area contributed by atoms with Gasteiger partial charge < -0.3 is 10.0 Å². The standard InChI is InChI=1S/C7H13NO2S/c1-11-5-6-3-2-4-8(6)7(9)10/h6H,2-5H2,1H3,(H,9,10)/t6-/m0/s1. The summed E-state index contributed by atoms with van der Waals surface area (Å²) in [7, 11) is 0. The normalized spacial score (nSPS) is 24.1. The third kappa shape index (κ3) is 2.02. The van der Waals surface area contributed by atoms with E-state index in [0.717, 1.165) is 25.1 Å². The maximum atomic E-state index is 10.6. The fraction of sp³-hybridized carbons (Fsp3) is 0.857. The molecule has 0 bridgehead atoms. The molecule has 1 aliphatic heterocycles. The van der Waals surface area contributed by atoms with Crippen molar-refractivity contribution in [2.45, 2.75) is 18.9 Å². The highest BCUT2D eigenvalue weighted by molar-refractivity contribution is 7.98. The maximum Gasteiger partial charge on any atom is 0.407 e. The van der Waals surface area contributed by atoms with Crippen LogP contribution < -0.4 is 0 Å². The van der Waals surface area contributed by atoms with E-state index in [1.165, 1.54) is 0 Å². The van der Waals surface area contributed by atoms with E-state index in [9.17, 15) is 4.79 Å². The van der Waals surface area contributed by atoms with E-state index in [-0.39, 0.29) is 6.04 Å². The van der Waals surface area contributed by atoms with Crippen molar-refractivity contribution >= 4 is 17.9 Å². The van der Waals surface area contributed by atoms with Gasteiger partial charge in [-0.05, 0) is 19.1 Å². The Hall–Kier alpha value is -0.380. The summed E-state index contributed by atoms with van der Waals surface area (Å²) in [5.41, 5.74) is 0. The summed E-state index contributed by atoms with van der Waals surface area (Å²) in [5, 5.41) is 8.73. The molecule has 0 aromatic rings. The molecular formula is C7H13NO2S. The number of amides is 1. The predicted octanol–water partition coefficient (Wildman–Crippen LogP) is 1.49. The molecule has 0 aromatic heterocycles. The fourth-order valence-electron chi connectivity index (χ4n) is 1.45. The monoisotopic (exact) mass is 175 g/mol. The predicted molar refractivity (Wildman–Crippen MR) is 46.1 cm³/mol. The van der Waals surface area contributed by atoms with E-state index >= 15 is 0 Å². The molecule has 1 heterocycles. The van der Waals surface area contributed by atoms with Gasteiger partial charge in [0.1, 0.15) is 0 Å². The van der Waals surface area contributed by atoms with E-state index in [4.69, 9.17) is 5.11 Å². The minimum atomic E-state index is -0.762. The molecule has 3 nitrogen and oxygen atoms in total. The molecule has 1 rings (SSSR count). The van der Waals surface area contributed by atoms with Gasteiger partial charge in [0.05, 0.1) is 0 Å². The Kier molecular flexibility index (Phi) is 3.05. The topological polar surface area (TPSA) is 40.5 Å². The lowest BCUT2D eigenvalue weighted by atomic mass is 10.2. The zero-order chi connectivity index (χ0) is 8.27. The number of likely N-dealkylation sites (tertiary alicyclic amines) is 1. The first kappa shape index (κ1) is 8.71. The fourth-order valence-corrected chi connectivity index (χ4v) is 2.18. The van der Waals surface area contributed by atoms with Crippen LogP contribution in [-0.4, -0.2) is 40.7 Å². The van der Waals surface area contributed by atoms with Crippen molar-refractivity contribution in [2.24, 2.45) is 0 Å². The van der Waals surface area contributed by atoms with Crippen LogP contribution in [0.15, 0.2) is 0 Å². The van der Waals surface area contributed by atoms with Crippen LogP contribution in [0.3, 0.4) is 0 Å². The highest BCUT2D eigenvalue weighted by Crippen LogP contribution is 2.19. The molecule has 11 heavy (non-hydrogen) atoms. The van der Waals surface area contributed by atoms with Crippen molar-refractivity contribution in [2.75, 3.05) is 18.6 Å². The van der Waals surface area contributed by atoms with Crippen molar-refractivity contribution in [3.8, 4) is 0 Å². The summed E-state index contributed by atoms with van der Waals surface area (Å²) in [6.07, 6.45) is 3.31. The second-order valence-corrected chi connectivity index (χ2v) is 3.64. The van der Waals surface area contributed by atoms with Crippen LogP contribution in [0.5, 0.6) is 0 Å². The smallest absolute Gasteiger partial charge is 0.407 e. The minimum absolute atomic E-state index is 0.266. The van der Waals surface area contributed by atoms with Gasteiger partial charge >= 0.3 is 6.09 Å². The Bertz CT molecular complexity index is 151. The Morgan fingerprint density at radius 3 is 3.09 bits per heavy atom. The molecule has 0 unspecified atom stereocenters. The first-order chi connectivity index (χ1) is 5.25. The second kappa shape index (κ2) is 3.85. The molecule has 1 aliphatic rings. The maximum absolute atomic E-state index is 10.6. The first-order valence-electron chi connectivity index (χ1n) is 3.74. The zero-order valence-electron chi connectivity index (χ0n) is 6.62. The van der Waals surface area contributed by atoms with E-state index < -0.39 is 6.09 Å². The van der Waals surface area contributed by atoms with Crippen molar-refractivity contribution in [3.63, 3.8) is 0 Å². The van der Waals surface area contributed by atoms with Crippen molar-refractivity contribution in [1.29, 1.82) is 0 Å². The summed E-state index contributed by atoms with van der Waals surface area (Å²) in [4.78, 5) is 12.2. The Labute approximate surface area is 70.8 Å². The number of hydrogen-bond donors (Lipinski definition) is 1. The lowest BCUT2D eigenvalue weighted by Gasteiger charge is -2.19. The molecular weight excluding hydrogens is 162 g/mol. The minimum Gasteiger partial charge on any atom is -0.465 e. The number of hydrogen-bond acceptors (Lipinski definition) is 2. The van der Waals surface area contributed by atoms with Gasteiger partial charge in [0.2, 0.25) is 0 Å². The van der Waals surface area contributed by atoms with Crippen LogP contribution >= 0.6 is 11.8 Å². The Morgan fingerprint density at radius 2 is 2.55 bits per heavy atom. The van der Waals surface area contributed by atoms with Crippen LogP contribution in [0.4, 0.5) is 4.79 Å². The molecule has 1 fully saturated rings. The van der Waals surface area contributed by atoms with Gasteiger partial charge in [0.15, 0.2) is 0 Å². The largest absolute Gasteiger partial charge is 0.465 e. The van der Waals surface area contributed by atoms with Crippen molar-refractivity contribution in [3.05, 3.63) is 0 Å². The molecule has 0 aromatic carbocycles. The number of rotatable bonds is 2. The van der Waals surface area contributed by atoms with Crippen LogP contribution in [0.25, 0.3) is 0 Å². The van der Waals surface area contributed by atoms with Crippen LogP contribution in [-0.2, 0) is 0 Å². The molecule has 1 N–H and O–H groups in total. The molecule has 0 aliphatic carbocycles. The number of carboxylic acid groups (broad SMARTS) is 1. The molecule has 1 atom stereocenters. The van der Waals surface area contributed by atoms with Crippen LogP contribution in [0, 0.1) is 0 Å². The van der Waals surface area contributed by atoms with Gasteiger partial charge in [-0.3, -0.25) is 0 Å². The molecule has 1 saturated heterocycles.